The molecule has 0 spiro atoms. The van der Waals surface area contributed by atoms with E-state index in [1.165, 1.54) is 25.7 Å². The van der Waals surface area contributed by atoms with Crippen molar-refractivity contribution in [2.45, 2.75) is 88.8 Å². The Morgan fingerprint density at radius 1 is 1.10 bits per heavy atom. The summed E-state index contributed by atoms with van der Waals surface area (Å²) in [5.74, 6) is 0.987. The number of carbonyl (C=O) groups is 1. The molecule has 2 amide bonds. The second-order valence-corrected chi connectivity index (χ2v) is 8.88. The van der Waals surface area contributed by atoms with Crippen LogP contribution in [0, 0.1) is 0 Å². The second-order valence-electron chi connectivity index (χ2n) is 8.88. The highest BCUT2D eigenvalue weighted by molar-refractivity contribution is 5.74. The van der Waals surface area contributed by atoms with Gasteiger partial charge in [0.15, 0.2) is 0 Å². The zero-order chi connectivity index (χ0) is 20.2. The van der Waals surface area contributed by atoms with Gasteiger partial charge in [-0.1, -0.05) is 25.7 Å². The monoisotopic (exact) mass is 405 g/mol. The predicted molar refractivity (Wildman–Crippen MR) is 110 cm³/mol. The number of hydrogen-bond acceptors (Lipinski definition) is 4. The van der Waals surface area contributed by atoms with Crippen molar-refractivity contribution < 1.29 is 9.53 Å². The fraction of sp³-hybridized carbons (Fsp3) is 0.857. The fourth-order valence-electron chi connectivity index (χ4n) is 4.78. The first kappa shape index (κ1) is 20.4. The number of carbonyl (C=O) groups excluding carboxylic acids is 1. The molecular weight excluding hydrogens is 370 g/mol. The van der Waals surface area contributed by atoms with Gasteiger partial charge in [-0.05, 0) is 38.5 Å². The van der Waals surface area contributed by atoms with Gasteiger partial charge < -0.3 is 15.0 Å². The minimum atomic E-state index is -0.0282. The highest BCUT2D eigenvalue weighted by Crippen LogP contribution is 2.37. The standard InChI is InChI=1S/C21H35N5O3/c1-29-14-13-25-21(28)26(18-10-11-18)19(23-25)16-7-6-12-24(15-16)20(27)22-17-8-4-2-3-5-9-17/h16-18H,2-15H2,1H3,(H,22,27). The molecule has 2 heterocycles. The van der Waals surface area contributed by atoms with Crippen molar-refractivity contribution in [2.75, 3.05) is 26.8 Å². The van der Waals surface area contributed by atoms with Crippen LogP contribution in [0.1, 0.15) is 82.0 Å². The molecule has 1 saturated heterocycles. The number of hydrogen-bond donors (Lipinski definition) is 1. The Kier molecular flexibility index (Phi) is 6.57. The van der Waals surface area contributed by atoms with E-state index in [2.05, 4.69) is 10.4 Å². The first-order valence-electron chi connectivity index (χ1n) is 11.4. The third kappa shape index (κ3) is 4.85. The highest BCUT2D eigenvalue weighted by Gasteiger charge is 2.35. The number of amides is 2. The number of aromatic nitrogens is 3. The third-order valence-electron chi connectivity index (χ3n) is 6.57. The van der Waals surface area contributed by atoms with Crippen molar-refractivity contribution in [1.29, 1.82) is 0 Å². The van der Waals surface area contributed by atoms with Crippen LogP contribution in [0.4, 0.5) is 4.79 Å². The minimum absolute atomic E-state index is 0.0282. The maximum absolute atomic E-state index is 12.9. The number of methoxy groups -OCH3 is 1. The maximum Gasteiger partial charge on any atom is 0.346 e. The van der Waals surface area contributed by atoms with Gasteiger partial charge in [-0.2, -0.15) is 5.10 Å². The molecule has 0 bridgehead atoms. The first-order chi connectivity index (χ1) is 14.2. The predicted octanol–water partition coefficient (Wildman–Crippen LogP) is 2.64. The van der Waals surface area contributed by atoms with E-state index >= 15 is 0 Å². The molecule has 0 aromatic carbocycles. The average Bonchev–Trinajstić information content (AvgIpc) is 3.55. The van der Waals surface area contributed by atoms with Crippen molar-refractivity contribution in [3.8, 4) is 0 Å². The van der Waals surface area contributed by atoms with E-state index in [1.807, 2.05) is 9.47 Å². The fourth-order valence-corrected chi connectivity index (χ4v) is 4.78. The molecule has 1 N–H and O–H groups in total. The lowest BCUT2D eigenvalue weighted by Crippen LogP contribution is -2.48. The summed E-state index contributed by atoms with van der Waals surface area (Å²) in [4.78, 5) is 27.7. The van der Waals surface area contributed by atoms with Crippen molar-refractivity contribution in [3.05, 3.63) is 16.3 Å². The summed E-state index contributed by atoms with van der Waals surface area (Å²) in [6, 6.07) is 0.646. The van der Waals surface area contributed by atoms with E-state index < -0.39 is 0 Å². The smallest absolute Gasteiger partial charge is 0.346 e. The lowest BCUT2D eigenvalue weighted by molar-refractivity contribution is 0.172. The average molecular weight is 406 g/mol. The Morgan fingerprint density at radius 3 is 2.55 bits per heavy atom. The Hall–Kier alpha value is -1.83. The molecule has 1 aromatic rings. The van der Waals surface area contributed by atoms with E-state index in [-0.39, 0.29) is 23.7 Å². The molecule has 1 atom stereocenters. The molecule has 1 aromatic heterocycles. The summed E-state index contributed by atoms with van der Waals surface area (Å²) in [6.07, 6.45) is 11.2. The lowest BCUT2D eigenvalue weighted by Gasteiger charge is -2.33. The largest absolute Gasteiger partial charge is 0.383 e. The van der Waals surface area contributed by atoms with Gasteiger partial charge in [-0.15, -0.1) is 0 Å². The molecule has 3 fully saturated rings. The van der Waals surface area contributed by atoms with E-state index in [0.717, 1.165) is 50.9 Å². The van der Waals surface area contributed by atoms with E-state index in [4.69, 9.17) is 4.74 Å². The molecule has 2 saturated carbocycles. The maximum atomic E-state index is 12.9. The van der Waals surface area contributed by atoms with Crippen molar-refractivity contribution in [2.24, 2.45) is 0 Å². The van der Waals surface area contributed by atoms with Crippen molar-refractivity contribution in [1.82, 2.24) is 24.6 Å². The molecule has 1 unspecified atom stereocenters. The zero-order valence-electron chi connectivity index (χ0n) is 17.6. The Bertz CT molecular complexity index is 746. The highest BCUT2D eigenvalue weighted by atomic mass is 16.5. The van der Waals surface area contributed by atoms with Crippen LogP contribution in [0.5, 0.6) is 0 Å². The number of nitrogens with zero attached hydrogens (tertiary/aromatic N) is 4. The zero-order valence-corrected chi connectivity index (χ0v) is 17.6. The summed E-state index contributed by atoms with van der Waals surface area (Å²) < 4.78 is 8.57. The summed E-state index contributed by atoms with van der Waals surface area (Å²) in [6.45, 7) is 2.38. The summed E-state index contributed by atoms with van der Waals surface area (Å²) in [7, 11) is 1.63. The molecule has 8 heteroatoms. The molecule has 0 radical (unpaired) electrons. The van der Waals surface area contributed by atoms with Crippen LogP contribution >= 0.6 is 0 Å². The molecular formula is C21H35N5O3. The van der Waals surface area contributed by atoms with Gasteiger partial charge >= 0.3 is 11.7 Å². The second kappa shape index (κ2) is 9.32. The van der Waals surface area contributed by atoms with E-state index in [0.29, 0.717) is 25.7 Å². The topological polar surface area (TPSA) is 81.4 Å². The lowest BCUT2D eigenvalue weighted by atomic mass is 9.97. The number of rotatable bonds is 6. The van der Waals surface area contributed by atoms with Gasteiger partial charge in [0.2, 0.25) is 0 Å². The van der Waals surface area contributed by atoms with E-state index in [9.17, 15) is 9.59 Å². The normalized spacial score (nSPS) is 23.8. The number of ether oxygens (including phenoxy) is 1. The molecule has 4 rings (SSSR count). The van der Waals surface area contributed by atoms with Gasteiger partial charge in [0.25, 0.3) is 0 Å². The number of likely N-dealkylation sites (tertiary alicyclic amines) is 1. The van der Waals surface area contributed by atoms with Crippen LogP contribution in [0.3, 0.4) is 0 Å². The van der Waals surface area contributed by atoms with Crippen LogP contribution in [0.15, 0.2) is 4.79 Å². The molecule has 8 nitrogen and oxygen atoms in total. The summed E-state index contributed by atoms with van der Waals surface area (Å²) >= 11 is 0. The number of urea groups is 1. The van der Waals surface area contributed by atoms with E-state index in [1.54, 1.807) is 11.8 Å². The third-order valence-corrected chi connectivity index (χ3v) is 6.57. The van der Waals surface area contributed by atoms with Gasteiger partial charge in [0.05, 0.1) is 13.2 Å². The number of piperidine rings is 1. The van der Waals surface area contributed by atoms with Gasteiger partial charge in [0, 0.05) is 38.2 Å². The minimum Gasteiger partial charge on any atom is -0.383 e. The quantitative estimate of drug-likeness (QED) is 0.738. The van der Waals surface area contributed by atoms with Crippen LogP contribution in [0.25, 0.3) is 0 Å². The molecule has 2 aliphatic carbocycles. The van der Waals surface area contributed by atoms with Gasteiger partial charge in [-0.3, -0.25) is 4.57 Å². The summed E-state index contributed by atoms with van der Waals surface area (Å²) in [5.41, 5.74) is -0.0282. The SMILES string of the molecule is COCCn1nc(C2CCCN(C(=O)NC3CCCCCC3)C2)n(C2CC2)c1=O. The Balaban J connectivity index is 1.45. The first-order valence-corrected chi connectivity index (χ1v) is 11.4. The Morgan fingerprint density at radius 2 is 1.86 bits per heavy atom. The molecule has 3 aliphatic rings. The van der Waals surface area contributed by atoms with Crippen LogP contribution in [-0.4, -0.2) is 58.1 Å². The van der Waals surface area contributed by atoms with Crippen LogP contribution in [-0.2, 0) is 11.3 Å². The molecule has 1 aliphatic heterocycles. The van der Waals surface area contributed by atoms with Gasteiger partial charge in [0.1, 0.15) is 5.82 Å². The van der Waals surface area contributed by atoms with Crippen LogP contribution in [0.2, 0.25) is 0 Å². The van der Waals surface area contributed by atoms with Crippen molar-refractivity contribution in [3.63, 3.8) is 0 Å². The Labute approximate surface area is 172 Å². The molecule has 29 heavy (non-hydrogen) atoms. The molecule has 162 valence electrons. The van der Waals surface area contributed by atoms with Crippen molar-refractivity contribution >= 4 is 6.03 Å². The van der Waals surface area contributed by atoms with Gasteiger partial charge in [-0.25, -0.2) is 14.3 Å². The van der Waals surface area contributed by atoms with Crippen LogP contribution < -0.4 is 11.0 Å². The number of nitrogens with one attached hydrogen (secondary N) is 1. The summed E-state index contributed by atoms with van der Waals surface area (Å²) in [5, 5.41) is 7.95.